The van der Waals surface area contributed by atoms with Gasteiger partial charge in [-0.05, 0) is 51.2 Å². The van der Waals surface area contributed by atoms with Gasteiger partial charge in [0.15, 0.2) is 0 Å². The fourth-order valence-electron chi connectivity index (χ4n) is 3.72. The molecule has 0 saturated carbocycles. The molecule has 2 N–H and O–H groups in total. The maximum Gasteiger partial charge on any atom is 0.243 e. The summed E-state index contributed by atoms with van der Waals surface area (Å²) in [6, 6.07) is 3.24. The number of piperidine rings is 1. The molecule has 0 radical (unpaired) electrons. The lowest BCUT2D eigenvalue weighted by atomic mass is 10.0. The number of hydrogen-bond acceptors (Lipinski definition) is 4. The average molecular weight is 410 g/mol. The van der Waals surface area contributed by atoms with Crippen LogP contribution in [-0.2, 0) is 19.6 Å². The average Bonchev–Trinajstić information content (AvgIpc) is 2.62. The summed E-state index contributed by atoms with van der Waals surface area (Å²) in [7, 11) is -3.46. The molecule has 1 aliphatic heterocycles. The van der Waals surface area contributed by atoms with Crippen molar-refractivity contribution in [2.75, 3.05) is 24.2 Å². The van der Waals surface area contributed by atoms with E-state index >= 15 is 0 Å². The highest BCUT2D eigenvalue weighted by molar-refractivity contribution is 7.89. The van der Waals surface area contributed by atoms with E-state index in [1.54, 1.807) is 6.92 Å². The number of carbonyl (C=O) groups is 2. The van der Waals surface area contributed by atoms with Crippen LogP contribution < -0.4 is 10.6 Å². The van der Waals surface area contributed by atoms with Crippen LogP contribution in [0.25, 0.3) is 0 Å². The van der Waals surface area contributed by atoms with Crippen molar-refractivity contribution >= 4 is 27.5 Å². The van der Waals surface area contributed by atoms with E-state index in [-0.39, 0.29) is 18.2 Å². The molecule has 156 valence electrons. The van der Waals surface area contributed by atoms with Gasteiger partial charge < -0.3 is 10.6 Å². The zero-order chi connectivity index (χ0) is 20.9. The zero-order valence-electron chi connectivity index (χ0n) is 17.2. The van der Waals surface area contributed by atoms with Gasteiger partial charge in [-0.15, -0.1) is 0 Å². The molecule has 1 heterocycles. The summed E-state index contributed by atoms with van der Waals surface area (Å²) < 4.78 is 26.2. The maximum atomic E-state index is 12.6. The molecule has 7 nitrogen and oxygen atoms in total. The number of aryl methyl sites for hydroxylation is 3. The number of hydrogen-bond donors (Lipinski definition) is 2. The lowest BCUT2D eigenvalue weighted by molar-refractivity contribution is -0.127. The lowest BCUT2D eigenvalue weighted by Gasteiger charge is -2.33. The van der Waals surface area contributed by atoms with Crippen LogP contribution >= 0.6 is 0 Å². The summed E-state index contributed by atoms with van der Waals surface area (Å²) in [4.78, 5) is 24.9. The van der Waals surface area contributed by atoms with E-state index in [1.807, 2.05) is 32.9 Å². The zero-order valence-corrected chi connectivity index (χ0v) is 18.0. The third kappa shape index (κ3) is 5.54. The van der Waals surface area contributed by atoms with Gasteiger partial charge in [0.2, 0.25) is 21.8 Å². The van der Waals surface area contributed by atoms with Crippen LogP contribution in [0.1, 0.15) is 49.3 Å². The largest absolute Gasteiger partial charge is 0.346 e. The minimum Gasteiger partial charge on any atom is -0.346 e. The topological polar surface area (TPSA) is 95.6 Å². The number of amides is 2. The number of rotatable bonds is 7. The molecule has 1 atom stereocenters. The van der Waals surface area contributed by atoms with Crippen molar-refractivity contribution in [1.29, 1.82) is 0 Å². The first-order chi connectivity index (χ1) is 13.2. The maximum absolute atomic E-state index is 12.6. The van der Waals surface area contributed by atoms with Crippen LogP contribution in [0.15, 0.2) is 12.1 Å². The Bertz CT molecular complexity index is 813. The van der Waals surface area contributed by atoms with Crippen molar-refractivity contribution < 1.29 is 18.0 Å². The molecular weight excluding hydrogens is 378 g/mol. The summed E-state index contributed by atoms with van der Waals surface area (Å²) in [6.07, 6.45) is 2.53. The van der Waals surface area contributed by atoms with Crippen LogP contribution in [0.5, 0.6) is 0 Å². The SMILES string of the molecule is CCCS(=O)(=O)N1CCCC[C@H]1C(=O)NCC(=O)Nc1c(C)cc(C)cc1C. The number of sulfonamides is 1. The Hall–Kier alpha value is -1.93. The number of benzene rings is 1. The van der Waals surface area contributed by atoms with Gasteiger partial charge in [-0.2, -0.15) is 4.31 Å². The van der Waals surface area contributed by atoms with Crippen molar-refractivity contribution in [2.24, 2.45) is 0 Å². The van der Waals surface area contributed by atoms with Crippen molar-refractivity contribution in [3.05, 3.63) is 28.8 Å². The fourth-order valence-corrected chi connectivity index (χ4v) is 5.47. The molecule has 1 saturated heterocycles. The highest BCUT2D eigenvalue weighted by Crippen LogP contribution is 2.23. The molecule has 0 bridgehead atoms. The Balaban J connectivity index is 1.99. The van der Waals surface area contributed by atoms with Gasteiger partial charge in [-0.25, -0.2) is 8.42 Å². The van der Waals surface area contributed by atoms with E-state index < -0.39 is 22.0 Å². The molecule has 0 aromatic heterocycles. The van der Waals surface area contributed by atoms with E-state index in [9.17, 15) is 18.0 Å². The minimum atomic E-state index is -3.46. The third-order valence-electron chi connectivity index (χ3n) is 4.94. The van der Waals surface area contributed by atoms with Gasteiger partial charge in [-0.3, -0.25) is 9.59 Å². The Morgan fingerprint density at radius 2 is 1.79 bits per heavy atom. The van der Waals surface area contributed by atoms with Gasteiger partial charge in [0.05, 0.1) is 12.3 Å². The molecule has 1 aliphatic rings. The van der Waals surface area contributed by atoms with Crippen LogP contribution in [0.3, 0.4) is 0 Å². The molecule has 0 aliphatic carbocycles. The predicted molar refractivity (Wildman–Crippen MR) is 111 cm³/mol. The quantitative estimate of drug-likeness (QED) is 0.722. The van der Waals surface area contributed by atoms with Crippen molar-refractivity contribution in [3.63, 3.8) is 0 Å². The monoisotopic (exact) mass is 409 g/mol. The number of nitrogens with one attached hydrogen (secondary N) is 2. The van der Waals surface area contributed by atoms with Crippen molar-refractivity contribution in [3.8, 4) is 0 Å². The second-order valence-electron chi connectivity index (χ2n) is 7.48. The summed E-state index contributed by atoms with van der Waals surface area (Å²) >= 11 is 0. The summed E-state index contributed by atoms with van der Waals surface area (Å²) in [5, 5.41) is 5.45. The molecule has 1 aromatic carbocycles. The standard InChI is InChI=1S/C20H31N3O4S/c1-5-10-28(26,27)23-9-7-6-8-17(23)20(25)21-13-18(24)22-19-15(3)11-14(2)12-16(19)4/h11-12,17H,5-10,13H2,1-4H3,(H,21,25)(H,22,24)/t17-/m0/s1. The van der Waals surface area contributed by atoms with Gasteiger partial charge in [0.25, 0.3) is 0 Å². The second kappa shape index (κ2) is 9.52. The molecule has 0 spiro atoms. The Labute approximate surface area is 167 Å². The summed E-state index contributed by atoms with van der Waals surface area (Å²) in [5.74, 6) is -0.711. The molecule has 0 unspecified atom stereocenters. The van der Waals surface area contributed by atoms with Crippen LogP contribution in [0.2, 0.25) is 0 Å². The number of nitrogens with zero attached hydrogens (tertiary/aromatic N) is 1. The molecular formula is C20H31N3O4S. The fraction of sp³-hybridized carbons (Fsp3) is 0.600. The van der Waals surface area contributed by atoms with Crippen LogP contribution in [0.4, 0.5) is 5.69 Å². The molecule has 2 amide bonds. The molecule has 28 heavy (non-hydrogen) atoms. The normalized spacial score (nSPS) is 17.9. The Morgan fingerprint density at radius 3 is 2.39 bits per heavy atom. The second-order valence-corrected chi connectivity index (χ2v) is 9.52. The van der Waals surface area contributed by atoms with Crippen molar-refractivity contribution in [2.45, 2.75) is 59.4 Å². The van der Waals surface area contributed by atoms with E-state index in [4.69, 9.17) is 0 Å². The molecule has 8 heteroatoms. The Morgan fingerprint density at radius 1 is 1.14 bits per heavy atom. The third-order valence-corrected chi connectivity index (χ3v) is 7.02. The predicted octanol–water partition coefficient (Wildman–Crippen LogP) is 2.26. The first kappa shape index (κ1) is 22.4. The lowest BCUT2D eigenvalue weighted by Crippen LogP contribution is -2.53. The van der Waals surface area contributed by atoms with E-state index in [1.165, 1.54) is 4.31 Å². The van der Waals surface area contributed by atoms with Gasteiger partial charge in [0, 0.05) is 12.2 Å². The van der Waals surface area contributed by atoms with Gasteiger partial charge in [0.1, 0.15) is 6.04 Å². The van der Waals surface area contributed by atoms with Crippen LogP contribution in [0, 0.1) is 20.8 Å². The number of anilines is 1. The molecule has 1 aromatic rings. The summed E-state index contributed by atoms with van der Waals surface area (Å²) in [5.41, 5.74) is 3.78. The smallest absolute Gasteiger partial charge is 0.243 e. The highest BCUT2D eigenvalue weighted by atomic mass is 32.2. The molecule has 1 fully saturated rings. The first-order valence-electron chi connectivity index (χ1n) is 9.80. The van der Waals surface area contributed by atoms with E-state index in [2.05, 4.69) is 10.6 Å². The number of carbonyl (C=O) groups excluding carboxylic acids is 2. The van der Waals surface area contributed by atoms with Crippen molar-refractivity contribution in [1.82, 2.24) is 9.62 Å². The molecule has 2 rings (SSSR count). The highest BCUT2D eigenvalue weighted by Gasteiger charge is 2.36. The van der Waals surface area contributed by atoms with E-state index in [0.29, 0.717) is 19.4 Å². The summed E-state index contributed by atoms with van der Waals surface area (Å²) in [6.45, 7) is 7.81. The van der Waals surface area contributed by atoms with Crippen LogP contribution in [-0.4, -0.2) is 49.4 Å². The van der Waals surface area contributed by atoms with E-state index in [0.717, 1.165) is 35.2 Å². The minimum absolute atomic E-state index is 0.0310. The van der Waals surface area contributed by atoms with Gasteiger partial charge >= 0.3 is 0 Å². The van der Waals surface area contributed by atoms with Gasteiger partial charge in [-0.1, -0.05) is 31.0 Å². The Kier molecular flexibility index (Phi) is 7.60. The first-order valence-corrected chi connectivity index (χ1v) is 11.4.